The maximum absolute atomic E-state index is 12.4. The molecule has 0 bridgehead atoms. The number of hydrogen-bond acceptors (Lipinski definition) is 6. The van der Waals surface area contributed by atoms with Crippen molar-refractivity contribution in [2.45, 2.75) is 39.9 Å². The van der Waals surface area contributed by atoms with Gasteiger partial charge >= 0.3 is 5.69 Å². The first kappa shape index (κ1) is 17.4. The van der Waals surface area contributed by atoms with E-state index in [-0.39, 0.29) is 18.1 Å². The van der Waals surface area contributed by atoms with Gasteiger partial charge < -0.3 is 9.42 Å². The maximum Gasteiger partial charge on any atom is 0.346 e. The normalized spacial score (nSPS) is 14.6. The number of rotatable bonds is 5. The van der Waals surface area contributed by atoms with E-state index in [0.29, 0.717) is 18.9 Å². The molecule has 0 saturated heterocycles. The molecular formula is C16H24N6O3. The van der Waals surface area contributed by atoms with Crippen molar-refractivity contribution in [1.29, 1.82) is 0 Å². The average Bonchev–Trinajstić information content (AvgIpc) is 3.05. The molecule has 2 aromatic heterocycles. The topological polar surface area (TPSA) is 89.4 Å². The van der Waals surface area contributed by atoms with Crippen LogP contribution in [0.3, 0.4) is 0 Å². The SMILES string of the molecule is Cc1noc(C)c1CCN1CCn2c(nn(CC(=O)N(C)C)c2=O)C1. The second-order valence-electron chi connectivity index (χ2n) is 6.63. The van der Waals surface area contributed by atoms with Gasteiger partial charge in [-0.25, -0.2) is 9.48 Å². The highest BCUT2D eigenvalue weighted by Gasteiger charge is 2.23. The average molecular weight is 348 g/mol. The number of likely N-dealkylation sites (N-methyl/N-ethyl adjacent to an activating group) is 1. The van der Waals surface area contributed by atoms with Crippen molar-refractivity contribution in [3.05, 3.63) is 33.3 Å². The minimum Gasteiger partial charge on any atom is -0.361 e. The number of nitrogens with zero attached hydrogens (tertiary/aromatic N) is 6. The van der Waals surface area contributed by atoms with E-state index in [0.717, 1.165) is 36.5 Å². The molecular weight excluding hydrogens is 324 g/mol. The Hall–Kier alpha value is -2.42. The van der Waals surface area contributed by atoms with E-state index in [9.17, 15) is 9.59 Å². The number of aryl methyl sites for hydroxylation is 2. The Balaban J connectivity index is 1.67. The van der Waals surface area contributed by atoms with Crippen LogP contribution in [0.15, 0.2) is 9.32 Å². The molecule has 1 aliphatic heterocycles. The van der Waals surface area contributed by atoms with Crippen molar-refractivity contribution in [3.63, 3.8) is 0 Å². The van der Waals surface area contributed by atoms with Gasteiger partial charge in [-0.05, 0) is 20.3 Å². The number of amides is 1. The highest BCUT2D eigenvalue weighted by atomic mass is 16.5. The Labute approximate surface area is 145 Å². The summed E-state index contributed by atoms with van der Waals surface area (Å²) in [6.45, 7) is 6.67. The van der Waals surface area contributed by atoms with Gasteiger partial charge in [0, 0.05) is 39.3 Å². The summed E-state index contributed by atoms with van der Waals surface area (Å²) in [7, 11) is 3.33. The van der Waals surface area contributed by atoms with Gasteiger partial charge in [-0.15, -0.1) is 0 Å². The van der Waals surface area contributed by atoms with E-state index >= 15 is 0 Å². The summed E-state index contributed by atoms with van der Waals surface area (Å²) in [5, 5.41) is 8.33. The second-order valence-corrected chi connectivity index (χ2v) is 6.63. The van der Waals surface area contributed by atoms with Gasteiger partial charge in [0.05, 0.1) is 12.2 Å². The number of hydrogen-bond donors (Lipinski definition) is 0. The fourth-order valence-electron chi connectivity index (χ4n) is 3.04. The van der Waals surface area contributed by atoms with Gasteiger partial charge in [-0.2, -0.15) is 5.10 Å². The molecule has 9 nitrogen and oxygen atoms in total. The van der Waals surface area contributed by atoms with Crippen LogP contribution in [0, 0.1) is 13.8 Å². The lowest BCUT2D eigenvalue weighted by atomic mass is 10.1. The van der Waals surface area contributed by atoms with Crippen LogP contribution in [0.4, 0.5) is 0 Å². The van der Waals surface area contributed by atoms with Gasteiger partial charge in [-0.1, -0.05) is 5.16 Å². The first-order valence-electron chi connectivity index (χ1n) is 8.37. The molecule has 9 heteroatoms. The molecule has 0 aliphatic carbocycles. The number of aromatic nitrogens is 4. The standard InChI is InChI=1S/C16H24N6O3/c1-11-13(12(2)25-18-11)5-6-20-7-8-21-14(9-20)17-22(16(21)24)10-15(23)19(3)4/h5-10H2,1-4H3. The molecule has 1 amide bonds. The molecule has 0 saturated carbocycles. The van der Waals surface area contributed by atoms with Crippen LogP contribution in [0.5, 0.6) is 0 Å². The summed E-state index contributed by atoms with van der Waals surface area (Å²) in [5.74, 6) is 1.42. The Morgan fingerprint density at radius 3 is 2.68 bits per heavy atom. The zero-order valence-corrected chi connectivity index (χ0v) is 15.2. The van der Waals surface area contributed by atoms with Crippen LogP contribution in [-0.2, 0) is 30.8 Å². The second kappa shape index (κ2) is 6.83. The molecule has 1 aliphatic rings. The van der Waals surface area contributed by atoms with Gasteiger partial charge in [0.15, 0.2) is 0 Å². The fourth-order valence-corrected chi connectivity index (χ4v) is 3.04. The van der Waals surface area contributed by atoms with Crippen LogP contribution in [-0.4, -0.2) is 62.4 Å². The Morgan fingerprint density at radius 2 is 2.04 bits per heavy atom. The fraction of sp³-hybridized carbons (Fsp3) is 0.625. The van der Waals surface area contributed by atoms with Crippen molar-refractivity contribution >= 4 is 5.91 Å². The zero-order valence-electron chi connectivity index (χ0n) is 15.2. The van der Waals surface area contributed by atoms with Crippen LogP contribution < -0.4 is 5.69 Å². The summed E-state index contributed by atoms with van der Waals surface area (Å²) < 4.78 is 8.12. The summed E-state index contributed by atoms with van der Waals surface area (Å²) in [6.07, 6.45) is 0.852. The molecule has 0 unspecified atom stereocenters. The lowest BCUT2D eigenvalue weighted by Crippen LogP contribution is -2.39. The van der Waals surface area contributed by atoms with E-state index in [4.69, 9.17) is 4.52 Å². The molecule has 3 rings (SSSR count). The summed E-state index contributed by atoms with van der Waals surface area (Å²) in [4.78, 5) is 27.9. The lowest BCUT2D eigenvalue weighted by molar-refractivity contribution is -0.129. The molecule has 0 atom stereocenters. The van der Waals surface area contributed by atoms with E-state index in [2.05, 4.69) is 15.2 Å². The molecule has 0 spiro atoms. The lowest BCUT2D eigenvalue weighted by Gasteiger charge is -2.26. The van der Waals surface area contributed by atoms with E-state index < -0.39 is 0 Å². The number of carbonyl (C=O) groups is 1. The number of fused-ring (bicyclic) bond motifs is 1. The smallest absolute Gasteiger partial charge is 0.346 e. The highest BCUT2D eigenvalue weighted by Crippen LogP contribution is 2.15. The van der Waals surface area contributed by atoms with E-state index in [1.165, 1.54) is 9.58 Å². The minimum absolute atomic E-state index is 0.0229. The van der Waals surface area contributed by atoms with Gasteiger partial charge in [0.1, 0.15) is 18.1 Å². The zero-order chi connectivity index (χ0) is 18.1. The van der Waals surface area contributed by atoms with Crippen molar-refractivity contribution in [3.8, 4) is 0 Å². The maximum atomic E-state index is 12.4. The largest absolute Gasteiger partial charge is 0.361 e. The Morgan fingerprint density at radius 1 is 1.28 bits per heavy atom. The molecule has 3 heterocycles. The van der Waals surface area contributed by atoms with Crippen molar-refractivity contribution < 1.29 is 9.32 Å². The highest BCUT2D eigenvalue weighted by molar-refractivity contribution is 5.75. The van der Waals surface area contributed by atoms with E-state index in [1.807, 2.05) is 13.8 Å². The molecule has 0 fully saturated rings. The minimum atomic E-state index is -0.212. The van der Waals surface area contributed by atoms with Gasteiger partial charge in [-0.3, -0.25) is 14.3 Å². The van der Waals surface area contributed by atoms with Crippen molar-refractivity contribution in [2.24, 2.45) is 0 Å². The predicted octanol–water partition coefficient (Wildman–Crippen LogP) is -0.204. The summed E-state index contributed by atoms with van der Waals surface area (Å²) in [6, 6.07) is 0. The van der Waals surface area contributed by atoms with Crippen molar-refractivity contribution in [2.75, 3.05) is 27.2 Å². The summed E-state index contributed by atoms with van der Waals surface area (Å²) in [5.41, 5.74) is 1.86. The monoisotopic (exact) mass is 348 g/mol. The van der Waals surface area contributed by atoms with Crippen LogP contribution >= 0.6 is 0 Å². The van der Waals surface area contributed by atoms with Gasteiger partial charge in [0.2, 0.25) is 5.91 Å². The van der Waals surface area contributed by atoms with E-state index in [1.54, 1.807) is 18.7 Å². The van der Waals surface area contributed by atoms with Crippen molar-refractivity contribution in [1.82, 2.24) is 29.3 Å². The quantitative estimate of drug-likeness (QED) is 0.743. The van der Waals surface area contributed by atoms with Crippen LogP contribution in [0.2, 0.25) is 0 Å². The summed E-state index contributed by atoms with van der Waals surface area (Å²) >= 11 is 0. The molecule has 136 valence electrons. The molecule has 2 aromatic rings. The third kappa shape index (κ3) is 3.51. The number of carbonyl (C=O) groups excluding carboxylic acids is 1. The third-order valence-electron chi connectivity index (χ3n) is 4.65. The van der Waals surface area contributed by atoms with Crippen LogP contribution in [0.25, 0.3) is 0 Å². The third-order valence-corrected chi connectivity index (χ3v) is 4.65. The van der Waals surface area contributed by atoms with Crippen LogP contribution in [0.1, 0.15) is 22.8 Å². The molecule has 25 heavy (non-hydrogen) atoms. The predicted molar refractivity (Wildman–Crippen MR) is 90.1 cm³/mol. The first-order chi connectivity index (χ1) is 11.9. The Kier molecular flexibility index (Phi) is 4.76. The Bertz CT molecular complexity index is 812. The van der Waals surface area contributed by atoms with Gasteiger partial charge in [0.25, 0.3) is 0 Å². The molecule has 0 N–H and O–H groups in total. The first-order valence-corrected chi connectivity index (χ1v) is 8.37. The molecule has 0 aromatic carbocycles. The molecule has 0 radical (unpaired) electrons.